The van der Waals surface area contributed by atoms with Crippen molar-refractivity contribution in [3.8, 4) is 0 Å². The molecule has 7 heteroatoms. The van der Waals surface area contributed by atoms with Crippen LogP contribution in [0, 0.1) is 0 Å². The molecule has 176 valence electrons. The molecule has 4 atom stereocenters. The Morgan fingerprint density at radius 1 is 0.833 bits per heavy atom. The van der Waals surface area contributed by atoms with Crippen LogP contribution in [0.5, 0.6) is 0 Å². The van der Waals surface area contributed by atoms with Crippen LogP contribution >= 0.6 is 0 Å². The Balaban J connectivity index is 2.21. The van der Waals surface area contributed by atoms with E-state index in [4.69, 9.17) is 18.3 Å². The molecule has 0 radical (unpaired) electrons. The van der Waals surface area contributed by atoms with Crippen LogP contribution in [0.25, 0.3) is 0 Å². The molecule has 0 aromatic rings. The summed E-state index contributed by atoms with van der Waals surface area (Å²) in [4.78, 5) is 13.5. The Morgan fingerprint density at radius 3 is 1.67 bits per heavy atom. The van der Waals surface area contributed by atoms with Gasteiger partial charge in [-0.3, -0.25) is 4.79 Å². The minimum atomic E-state index is -2.09. The summed E-state index contributed by atoms with van der Waals surface area (Å²) in [5.74, 6) is 0.106. The molecule has 0 amide bonds. The molecule has 5 nitrogen and oxygen atoms in total. The predicted octanol–water partition coefficient (Wildman–Crippen LogP) is 6.04. The quantitative estimate of drug-likeness (QED) is 0.454. The van der Waals surface area contributed by atoms with E-state index >= 15 is 0 Å². The zero-order valence-corrected chi connectivity index (χ0v) is 23.1. The Hall–Kier alpha value is -0.0562. The number of ether oxygens (including phenoxy) is 2. The summed E-state index contributed by atoms with van der Waals surface area (Å²) >= 11 is 0. The third-order valence-electron chi connectivity index (χ3n) is 7.56. The van der Waals surface area contributed by atoms with E-state index < -0.39 is 28.8 Å². The van der Waals surface area contributed by atoms with Crippen molar-refractivity contribution in [3.05, 3.63) is 0 Å². The molecule has 0 aromatic heterocycles. The lowest BCUT2D eigenvalue weighted by Gasteiger charge is -2.45. The maximum absolute atomic E-state index is 13.5. The molecule has 1 saturated heterocycles. The average Bonchev–Trinajstić information content (AvgIpc) is 2.57. The van der Waals surface area contributed by atoms with Crippen LogP contribution < -0.4 is 0 Å². The lowest BCUT2D eigenvalue weighted by molar-refractivity contribution is -0.203. The molecule has 2 fully saturated rings. The maximum Gasteiger partial charge on any atom is 0.193 e. The van der Waals surface area contributed by atoms with Gasteiger partial charge in [0.2, 0.25) is 0 Å². The normalized spacial score (nSPS) is 29.9. The van der Waals surface area contributed by atoms with Gasteiger partial charge in [0.1, 0.15) is 12.2 Å². The Labute approximate surface area is 186 Å². The van der Waals surface area contributed by atoms with Crippen LogP contribution in [0.4, 0.5) is 0 Å². The second-order valence-corrected chi connectivity index (χ2v) is 21.7. The van der Waals surface area contributed by atoms with Gasteiger partial charge >= 0.3 is 0 Å². The van der Waals surface area contributed by atoms with Crippen LogP contribution in [0.2, 0.25) is 36.3 Å². The molecule has 1 saturated carbocycles. The Kier molecular flexibility index (Phi) is 8.24. The van der Waals surface area contributed by atoms with Gasteiger partial charge in [-0.15, -0.1) is 0 Å². The van der Waals surface area contributed by atoms with Gasteiger partial charge in [-0.25, -0.2) is 0 Å². The first-order valence-electron chi connectivity index (χ1n) is 11.7. The molecular formula is C23H46O5Si2. The smallest absolute Gasteiger partial charge is 0.193 e. The van der Waals surface area contributed by atoms with Crippen molar-refractivity contribution in [1.29, 1.82) is 0 Å². The molecule has 0 spiro atoms. The monoisotopic (exact) mass is 458 g/mol. The molecule has 2 unspecified atom stereocenters. The molecular weight excluding hydrogens is 412 g/mol. The minimum absolute atomic E-state index is 0.0450. The van der Waals surface area contributed by atoms with E-state index in [-0.39, 0.29) is 28.3 Å². The number of hydrogen-bond acceptors (Lipinski definition) is 5. The summed E-state index contributed by atoms with van der Waals surface area (Å²) in [6.45, 7) is 22.8. The Bertz CT molecular complexity index is 545. The standard InChI is InChI=1S/C23H46O5Si2/c1-22(2,3)29(7,8)27-18-15-17(26-20-13-11-12-14-25-20)16-19(21(18)24)28-30(9,10)23(4,5)6/h17-20H,11-16H2,1-10H3/t17?,18-,19+,20?. The SMILES string of the molecule is CC(C)(C)[Si](C)(C)O[C@H]1CC(OC2CCCCO2)C[C@@H](O[Si](C)(C)C(C)(C)C)C1=O. The zero-order chi connectivity index (χ0) is 23.0. The third kappa shape index (κ3) is 6.48. The van der Waals surface area contributed by atoms with Crippen molar-refractivity contribution in [2.24, 2.45) is 0 Å². The average molecular weight is 459 g/mol. The predicted molar refractivity (Wildman–Crippen MR) is 127 cm³/mol. The molecule has 1 aliphatic heterocycles. The van der Waals surface area contributed by atoms with Gasteiger partial charge in [0.15, 0.2) is 28.7 Å². The first-order valence-corrected chi connectivity index (χ1v) is 17.5. The molecule has 2 aliphatic rings. The second-order valence-electron chi connectivity index (χ2n) is 12.2. The number of Topliss-reactive ketones (excluding diaryl/α,β-unsaturated/α-hetero) is 1. The first kappa shape index (κ1) is 26.2. The van der Waals surface area contributed by atoms with E-state index in [0.29, 0.717) is 12.8 Å². The zero-order valence-electron chi connectivity index (χ0n) is 21.1. The summed E-state index contributed by atoms with van der Waals surface area (Å²) < 4.78 is 25.4. The fourth-order valence-corrected chi connectivity index (χ4v) is 5.99. The topological polar surface area (TPSA) is 54.0 Å². The lowest BCUT2D eigenvalue weighted by Crippen LogP contribution is -2.56. The summed E-state index contributed by atoms with van der Waals surface area (Å²) in [6, 6.07) is 0. The van der Waals surface area contributed by atoms with Crippen molar-refractivity contribution >= 4 is 22.4 Å². The summed E-state index contributed by atoms with van der Waals surface area (Å²) in [7, 11) is -4.19. The fraction of sp³-hybridized carbons (Fsp3) is 0.957. The van der Waals surface area contributed by atoms with E-state index in [1.807, 2.05) is 0 Å². The van der Waals surface area contributed by atoms with Gasteiger partial charge in [-0.2, -0.15) is 0 Å². The summed E-state index contributed by atoms with van der Waals surface area (Å²) in [6.07, 6.45) is 3.19. The highest BCUT2D eigenvalue weighted by atomic mass is 28.4. The van der Waals surface area contributed by atoms with Crippen LogP contribution in [0.1, 0.15) is 73.6 Å². The van der Waals surface area contributed by atoms with E-state index in [1.54, 1.807) is 0 Å². The first-order chi connectivity index (χ1) is 13.5. The van der Waals surface area contributed by atoms with Crippen molar-refractivity contribution < 1.29 is 23.1 Å². The molecule has 2 rings (SSSR count). The van der Waals surface area contributed by atoms with Gasteiger partial charge < -0.3 is 18.3 Å². The van der Waals surface area contributed by atoms with Crippen LogP contribution in [-0.2, 0) is 23.1 Å². The van der Waals surface area contributed by atoms with Gasteiger partial charge in [0, 0.05) is 19.4 Å². The van der Waals surface area contributed by atoms with E-state index in [2.05, 4.69) is 67.7 Å². The van der Waals surface area contributed by atoms with Crippen LogP contribution in [-0.4, -0.2) is 53.6 Å². The minimum Gasteiger partial charge on any atom is -0.407 e. The Morgan fingerprint density at radius 2 is 1.30 bits per heavy atom. The molecule has 1 heterocycles. The molecule has 0 N–H and O–H groups in total. The maximum atomic E-state index is 13.5. The molecule has 0 bridgehead atoms. The summed E-state index contributed by atoms with van der Waals surface area (Å²) in [5.41, 5.74) is 0. The van der Waals surface area contributed by atoms with Crippen LogP contribution in [0.15, 0.2) is 0 Å². The number of carbonyl (C=O) groups is 1. The van der Waals surface area contributed by atoms with E-state index in [0.717, 1.165) is 25.9 Å². The molecule has 0 aromatic carbocycles. The van der Waals surface area contributed by atoms with E-state index in [9.17, 15) is 4.79 Å². The van der Waals surface area contributed by atoms with Gasteiger partial charge in [-0.05, 0) is 55.5 Å². The number of ketones is 1. The summed E-state index contributed by atoms with van der Waals surface area (Å²) in [5, 5.41) is 0.0900. The van der Waals surface area contributed by atoms with E-state index in [1.165, 1.54) is 0 Å². The number of carbonyl (C=O) groups excluding carboxylic acids is 1. The number of hydrogen-bond donors (Lipinski definition) is 0. The van der Waals surface area contributed by atoms with Crippen molar-refractivity contribution in [1.82, 2.24) is 0 Å². The van der Waals surface area contributed by atoms with Crippen molar-refractivity contribution in [2.45, 2.75) is 135 Å². The highest BCUT2D eigenvalue weighted by molar-refractivity contribution is 6.74. The van der Waals surface area contributed by atoms with Gasteiger partial charge in [0.25, 0.3) is 0 Å². The fourth-order valence-electron chi connectivity index (χ4n) is 3.43. The van der Waals surface area contributed by atoms with Gasteiger partial charge in [-0.1, -0.05) is 41.5 Å². The molecule has 30 heavy (non-hydrogen) atoms. The van der Waals surface area contributed by atoms with Crippen molar-refractivity contribution in [2.75, 3.05) is 6.61 Å². The van der Waals surface area contributed by atoms with Gasteiger partial charge in [0.05, 0.1) is 6.10 Å². The number of rotatable bonds is 6. The van der Waals surface area contributed by atoms with Crippen LogP contribution in [0.3, 0.4) is 0 Å². The highest BCUT2D eigenvalue weighted by Crippen LogP contribution is 2.42. The lowest BCUT2D eigenvalue weighted by atomic mass is 9.91. The largest absolute Gasteiger partial charge is 0.407 e. The third-order valence-corrected chi connectivity index (χ3v) is 16.5. The van der Waals surface area contributed by atoms with Crippen molar-refractivity contribution in [3.63, 3.8) is 0 Å². The second kappa shape index (κ2) is 9.43. The highest BCUT2D eigenvalue weighted by Gasteiger charge is 2.48. The molecule has 1 aliphatic carbocycles.